The molecule has 1 atom stereocenters. The quantitative estimate of drug-likeness (QED) is 0.347. The molecule has 1 heterocycles. The van der Waals surface area contributed by atoms with E-state index in [-0.39, 0.29) is 0 Å². The highest BCUT2D eigenvalue weighted by atomic mass is 32.2. The van der Waals surface area contributed by atoms with E-state index in [1.165, 1.54) is 6.42 Å². The molecule has 0 saturated carbocycles. The standard InChI is InChI=1S/C23H28N2O4S/c1-4-5-9-18-16-25(17-10-7-6-8-11-17)19-14-20(28-3)21(29-13-12-23(26)27)15-22(19)30-24(18)2/h6-8,10-15,18H,4-5,9,16H2,1-3H3,(H,26,27)/b13-12+. The second kappa shape index (κ2) is 10.4. The predicted octanol–water partition coefficient (Wildman–Crippen LogP) is 5.32. The molecule has 1 aliphatic heterocycles. The average Bonchev–Trinajstić information content (AvgIpc) is 2.87. The maximum atomic E-state index is 10.8. The van der Waals surface area contributed by atoms with Gasteiger partial charge in [-0.3, -0.25) is 0 Å². The number of carboxylic acids is 1. The average molecular weight is 429 g/mol. The van der Waals surface area contributed by atoms with Crippen molar-refractivity contribution in [2.75, 3.05) is 25.6 Å². The number of ether oxygens (including phenoxy) is 2. The molecule has 30 heavy (non-hydrogen) atoms. The Morgan fingerprint density at radius 1 is 1.27 bits per heavy atom. The van der Waals surface area contributed by atoms with Crippen molar-refractivity contribution in [3.8, 4) is 11.5 Å². The van der Waals surface area contributed by atoms with Crippen LogP contribution in [-0.4, -0.2) is 42.1 Å². The molecule has 3 rings (SSSR count). The molecule has 1 N–H and O–H groups in total. The third-order valence-electron chi connectivity index (χ3n) is 5.05. The molecule has 6 nitrogen and oxygen atoms in total. The summed E-state index contributed by atoms with van der Waals surface area (Å²) in [6.45, 7) is 3.08. The van der Waals surface area contributed by atoms with Crippen molar-refractivity contribution in [2.24, 2.45) is 0 Å². The van der Waals surface area contributed by atoms with Crippen molar-refractivity contribution in [1.82, 2.24) is 4.31 Å². The fourth-order valence-electron chi connectivity index (χ4n) is 3.45. The molecule has 0 saturated heterocycles. The van der Waals surface area contributed by atoms with Crippen molar-refractivity contribution in [3.63, 3.8) is 0 Å². The van der Waals surface area contributed by atoms with Gasteiger partial charge in [0.25, 0.3) is 0 Å². The Hall–Kier alpha value is -2.64. The largest absolute Gasteiger partial charge is 0.493 e. The summed E-state index contributed by atoms with van der Waals surface area (Å²) < 4.78 is 13.4. The number of aliphatic carboxylic acids is 1. The van der Waals surface area contributed by atoms with E-state index >= 15 is 0 Å². The van der Waals surface area contributed by atoms with Crippen LogP contribution < -0.4 is 14.4 Å². The first-order valence-electron chi connectivity index (χ1n) is 10.0. The van der Waals surface area contributed by atoms with E-state index in [0.717, 1.165) is 48.0 Å². The zero-order chi connectivity index (χ0) is 21.5. The SMILES string of the molecule is CCCCC1CN(c2ccccc2)c2cc(OC)c(O/C=C/C(=O)O)cc2SN1C. The number of anilines is 2. The Morgan fingerprint density at radius 3 is 2.70 bits per heavy atom. The Labute approximate surface area is 182 Å². The first kappa shape index (κ1) is 22.1. The Morgan fingerprint density at radius 2 is 2.03 bits per heavy atom. The summed E-state index contributed by atoms with van der Waals surface area (Å²) >= 11 is 1.68. The van der Waals surface area contributed by atoms with Gasteiger partial charge in [0.1, 0.15) is 0 Å². The molecular formula is C23H28N2O4S. The van der Waals surface area contributed by atoms with E-state index in [2.05, 4.69) is 35.3 Å². The van der Waals surface area contributed by atoms with E-state index < -0.39 is 5.97 Å². The molecule has 160 valence electrons. The monoisotopic (exact) mass is 428 g/mol. The Bertz CT molecular complexity index is 888. The number of unbranched alkanes of at least 4 members (excludes halogenated alkanes) is 1. The molecule has 0 spiro atoms. The number of nitrogens with zero attached hydrogens (tertiary/aromatic N) is 2. The first-order chi connectivity index (χ1) is 14.5. The van der Waals surface area contributed by atoms with E-state index in [1.807, 2.05) is 30.3 Å². The molecule has 2 aromatic rings. The van der Waals surface area contributed by atoms with E-state index in [1.54, 1.807) is 19.1 Å². The molecule has 0 bridgehead atoms. The molecule has 2 aromatic carbocycles. The smallest absolute Gasteiger partial charge is 0.331 e. The molecule has 1 aliphatic rings. The molecule has 0 aliphatic carbocycles. The summed E-state index contributed by atoms with van der Waals surface area (Å²) in [5.41, 5.74) is 2.17. The van der Waals surface area contributed by atoms with E-state index in [9.17, 15) is 4.79 Å². The van der Waals surface area contributed by atoms with Crippen LogP contribution in [0.1, 0.15) is 26.2 Å². The molecule has 0 radical (unpaired) electrons. The number of carboxylic acid groups (broad SMARTS) is 1. The van der Waals surface area contributed by atoms with Crippen LogP contribution in [0.25, 0.3) is 0 Å². The van der Waals surface area contributed by atoms with E-state index in [0.29, 0.717) is 17.5 Å². The second-order valence-corrected chi connectivity index (χ2v) is 8.31. The minimum absolute atomic E-state index is 0.379. The fraction of sp³-hybridized carbons (Fsp3) is 0.348. The maximum absolute atomic E-state index is 10.8. The number of para-hydroxylation sites is 1. The lowest BCUT2D eigenvalue weighted by molar-refractivity contribution is -0.131. The van der Waals surface area contributed by atoms with Crippen LogP contribution in [0, 0.1) is 0 Å². The number of hydrogen-bond donors (Lipinski definition) is 1. The van der Waals surface area contributed by atoms with Gasteiger partial charge in [-0.05, 0) is 37.5 Å². The van der Waals surface area contributed by atoms with Gasteiger partial charge in [0, 0.05) is 30.4 Å². The van der Waals surface area contributed by atoms with Crippen LogP contribution >= 0.6 is 11.9 Å². The van der Waals surface area contributed by atoms with Crippen molar-refractivity contribution in [3.05, 3.63) is 54.8 Å². The van der Waals surface area contributed by atoms with Crippen LogP contribution in [0.3, 0.4) is 0 Å². The van der Waals surface area contributed by atoms with Crippen LogP contribution in [-0.2, 0) is 4.79 Å². The Kier molecular flexibility index (Phi) is 7.65. The molecule has 1 unspecified atom stereocenters. The van der Waals surface area contributed by atoms with Crippen LogP contribution in [0.5, 0.6) is 11.5 Å². The van der Waals surface area contributed by atoms with Crippen molar-refractivity contribution in [2.45, 2.75) is 37.1 Å². The van der Waals surface area contributed by atoms with Gasteiger partial charge < -0.3 is 19.5 Å². The van der Waals surface area contributed by atoms with Gasteiger partial charge in [0.15, 0.2) is 11.5 Å². The number of hydrogen-bond acceptors (Lipinski definition) is 6. The molecule has 7 heteroatoms. The number of carbonyl (C=O) groups is 1. The maximum Gasteiger partial charge on any atom is 0.331 e. The van der Waals surface area contributed by atoms with Gasteiger partial charge in [-0.2, -0.15) is 0 Å². The number of methoxy groups -OCH3 is 1. The second-order valence-electron chi connectivity index (χ2n) is 7.11. The highest BCUT2D eigenvalue weighted by Gasteiger charge is 2.28. The summed E-state index contributed by atoms with van der Waals surface area (Å²) in [5.74, 6) is -0.0264. The molecule has 0 fully saturated rings. The summed E-state index contributed by atoms with van der Waals surface area (Å²) in [6, 6.07) is 14.6. The number of benzene rings is 2. The lowest BCUT2D eigenvalue weighted by atomic mass is 10.1. The first-order valence-corrected chi connectivity index (χ1v) is 10.8. The summed E-state index contributed by atoms with van der Waals surface area (Å²) in [6.07, 6.45) is 5.57. The van der Waals surface area contributed by atoms with Crippen LogP contribution in [0.4, 0.5) is 11.4 Å². The normalized spacial score (nSPS) is 16.9. The third-order valence-corrected chi connectivity index (χ3v) is 6.16. The number of rotatable bonds is 8. The lowest BCUT2D eigenvalue weighted by Crippen LogP contribution is -2.35. The summed E-state index contributed by atoms with van der Waals surface area (Å²) in [5, 5.41) is 8.83. The summed E-state index contributed by atoms with van der Waals surface area (Å²) in [7, 11) is 3.71. The zero-order valence-electron chi connectivity index (χ0n) is 17.6. The highest BCUT2D eigenvalue weighted by Crippen LogP contribution is 2.46. The van der Waals surface area contributed by atoms with Crippen molar-refractivity contribution >= 4 is 29.3 Å². The number of fused-ring (bicyclic) bond motifs is 1. The van der Waals surface area contributed by atoms with Gasteiger partial charge >= 0.3 is 5.97 Å². The minimum atomic E-state index is -1.06. The van der Waals surface area contributed by atoms with Gasteiger partial charge in [-0.25, -0.2) is 9.10 Å². The zero-order valence-corrected chi connectivity index (χ0v) is 18.4. The van der Waals surface area contributed by atoms with Gasteiger partial charge in [0.2, 0.25) is 0 Å². The lowest BCUT2D eigenvalue weighted by Gasteiger charge is -2.30. The van der Waals surface area contributed by atoms with Crippen molar-refractivity contribution in [1.29, 1.82) is 0 Å². The Balaban J connectivity index is 2.04. The topological polar surface area (TPSA) is 62.2 Å². The van der Waals surface area contributed by atoms with Crippen LogP contribution in [0.15, 0.2) is 59.7 Å². The van der Waals surface area contributed by atoms with E-state index in [4.69, 9.17) is 14.6 Å². The minimum Gasteiger partial charge on any atom is -0.493 e. The summed E-state index contributed by atoms with van der Waals surface area (Å²) in [4.78, 5) is 14.1. The predicted molar refractivity (Wildman–Crippen MR) is 121 cm³/mol. The fourth-order valence-corrected chi connectivity index (χ4v) is 4.50. The van der Waals surface area contributed by atoms with Gasteiger partial charge in [-0.15, -0.1) is 0 Å². The number of likely N-dealkylation sites (N-methyl/N-ethyl adjacent to an activating group) is 1. The van der Waals surface area contributed by atoms with Gasteiger partial charge in [-0.1, -0.05) is 38.0 Å². The molecular weight excluding hydrogens is 400 g/mol. The highest BCUT2D eigenvalue weighted by molar-refractivity contribution is 7.97. The van der Waals surface area contributed by atoms with Crippen LogP contribution in [0.2, 0.25) is 0 Å². The molecule has 0 amide bonds. The van der Waals surface area contributed by atoms with Crippen molar-refractivity contribution < 1.29 is 19.4 Å². The molecule has 0 aromatic heterocycles. The third kappa shape index (κ3) is 5.29. The van der Waals surface area contributed by atoms with Gasteiger partial charge in [0.05, 0.1) is 30.0 Å².